The van der Waals surface area contributed by atoms with E-state index in [1.807, 2.05) is 0 Å². The second-order valence-electron chi connectivity index (χ2n) is 5.57. The van der Waals surface area contributed by atoms with E-state index in [1.165, 1.54) is 0 Å². The van der Waals surface area contributed by atoms with Gasteiger partial charge in [0.2, 0.25) is 0 Å². The van der Waals surface area contributed by atoms with Gasteiger partial charge in [0.15, 0.2) is 0 Å². The third-order valence-corrected chi connectivity index (χ3v) is 2.83. The van der Waals surface area contributed by atoms with Gasteiger partial charge in [-0.25, -0.2) is 0 Å². The van der Waals surface area contributed by atoms with Gasteiger partial charge in [0.1, 0.15) is 0 Å². The second-order valence-corrected chi connectivity index (χ2v) is 5.95. The van der Waals surface area contributed by atoms with Gasteiger partial charge >= 0.3 is 0 Å². The van der Waals surface area contributed by atoms with Gasteiger partial charge in [-0.2, -0.15) is 0 Å². The minimum absolute atomic E-state index is 0.291. The Labute approximate surface area is 106 Å². The highest BCUT2D eigenvalue weighted by Crippen LogP contribution is 2.19. The quantitative estimate of drug-likeness (QED) is 0.474. The first-order valence-corrected chi connectivity index (χ1v) is 6.86. The van der Waals surface area contributed by atoms with Gasteiger partial charge in [-0.3, -0.25) is 0 Å². The summed E-state index contributed by atoms with van der Waals surface area (Å²) in [5.41, 5.74) is 0.291. The zero-order valence-electron chi connectivity index (χ0n) is 11.3. The molecule has 0 aliphatic heterocycles. The molecule has 0 amide bonds. The van der Waals surface area contributed by atoms with E-state index in [9.17, 15) is 0 Å². The third kappa shape index (κ3) is 10.7. The van der Waals surface area contributed by atoms with Crippen molar-refractivity contribution in [2.24, 2.45) is 11.3 Å². The normalized spacial score (nSPS) is 12.4. The Morgan fingerprint density at radius 1 is 1.25 bits per heavy atom. The van der Waals surface area contributed by atoms with Crippen LogP contribution in [0, 0.1) is 11.3 Å². The molecule has 1 N–H and O–H groups in total. The summed E-state index contributed by atoms with van der Waals surface area (Å²) in [6, 6.07) is 0. The van der Waals surface area contributed by atoms with E-state index in [2.05, 4.69) is 33.0 Å². The van der Waals surface area contributed by atoms with Gasteiger partial charge in [-0.05, 0) is 24.2 Å². The van der Waals surface area contributed by atoms with Gasteiger partial charge < -0.3 is 10.1 Å². The molecule has 0 aliphatic rings. The van der Waals surface area contributed by atoms with Crippen LogP contribution in [0.5, 0.6) is 0 Å². The van der Waals surface area contributed by atoms with Crippen molar-refractivity contribution in [3.8, 4) is 0 Å². The van der Waals surface area contributed by atoms with Crippen LogP contribution in [-0.4, -0.2) is 32.2 Å². The number of hydrogen-bond acceptors (Lipinski definition) is 2. The molecule has 0 saturated heterocycles. The van der Waals surface area contributed by atoms with E-state index in [0.29, 0.717) is 5.41 Å². The smallest absolute Gasteiger partial charge is 0.0590 e. The van der Waals surface area contributed by atoms with Crippen molar-refractivity contribution in [3.05, 3.63) is 0 Å². The lowest BCUT2D eigenvalue weighted by Crippen LogP contribution is -2.32. The lowest BCUT2D eigenvalue weighted by atomic mass is 9.90. The molecule has 16 heavy (non-hydrogen) atoms. The van der Waals surface area contributed by atoms with E-state index in [0.717, 1.165) is 50.9 Å². The van der Waals surface area contributed by atoms with E-state index >= 15 is 0 Å². The molecule has 0 aliphatic carbocycles. The zero-order chi connectivity index (χ0) is 12.4. The number of ether oxygens (including phenoxy) is 1. The predicted molar refractivity (Wildman–Crippen MR) is 72.3 cm³/mol. The summed E-state index contributed by atoms with van der Waals surface area (Å²) in [5.74, 6) is 1.47. The predicted octanol–water partition coefficient (Wildman–Crippen LogP) is 3.29. The van der Waals surface area contributed by atoms with Crippen LogP contribution in [0.25, 0.3) is 0 Å². The van der Waals surface area contributed by atoms with Crippen molar-refractivity contribution in [1.29, 1.82) is 0 Å². The van der Waals surface area contributed by atoms with Crippen molar-refractivity contribution in [2.45, 2.75) is 40.5 Å². The Kier molecular flexibility index (Phi) is 9.38. The molecule has 98 valence electrons. The summed E-state index contributed by atoms with van der Waals surface area (Å²) in [6.45, 7) is 12.5. The summed E-state index contributed by atoms with van der Waals surface area (Å²) >= 11 is 5.74. The van der Waals surface area contributed by atoms with Gasteiger partial charge in [0, 0.05) is 25.6 Å². The number of hydrogen-bond donors (Lipinski definition) is 1. The molecule has 0 atom stereocenters. The van der Waals surface area contributed by atoms with Crippen LogP contribution in [0.15, 0.2) is 0 Å². The first kappa shape index (κ1) is 16.2. The molecule has 0 bridgehead atoms. The average molecular weight is 250 g/mol. The van der Waals surface area contributed by atoms with Gasteiger partial charge in [0.25, 0.3) is 0 Å². The topological polar surface area (TPSA) is 21.3 Å². The van der Waals surface area contributed by atoms with Gasteiger partial charge in [0.05, 0.1) is 6.61 Å². The second kappa shape index (κ2) is 9.26. The maximum Gasteiger partial charge on any atom is 0.0590 e. The fraction of sp³-hybridized carbons (Fsp3) is 1.00. The molecule has 0 radical (unpaired) electrons. The number of rotatable bonds is 10. The van der Waals surface area contributed by atoms with Crippen LogP contribution in [0.3, 0.4) is 0 Å². The summed E-state index contributed by atoms with van der Waals surface area (Å²) < 4.78 is 5.53. The standard InChI is InChI=1S/C13H28ClNO/c1-12(2)5-9-16-10-8-15-11-13(3,4)6-7-14/h12,15H,5-11H2,1-4H3. The van der Waals surface area contributed by atoms with Crippen LogP contribution in [-0.2, 0) is 4.74 Å². The molecule has 0 heterocycles. The van der Waals surface area contributed by atoms with E-state index in [4.69, 9.17) is 16.3 Å². The highest BCUT2D eigenvalue weighted by atomic mass is 35.5. The Balaban J connectivity index is 3.26. The Bertz CT molecular complexity index is 160. The van der Waals surface area contributed by atoms with E-state index in [-0.39, 0.29) is 0 Å². The van der Waals surface area contributed by atoms with Crippen molar-refractivity contribution in [2.75, 3.05) is 32.2 Å². The lowest BCUT2D eigenvalue weighted by Gasteiger charge is -2.23. The first-order chi connectivity index (χ1) is 7.48. The van der Waals surface area contributed by atoms with Crippen molar-refractivity contribution in [3.63, 3.8) is 0 Å². The summed E-state index contributed by atoms with van der Waals surface area (Å²) in [4.78, 5) is 0. The Morgan fingerprint density at radius 3 is 2.50 bits per heavy atom. The molecule has 3 heteroatoms. The largest absolute Gasteiger partial charge is 0.380 e. The van der Waals surface area contributed by atoms with Crippen molar-refractivity contribution in [1.82, 2.24) is 5.32 Å². The maximum atomic E-state index is 5.74. The Hall–Kier alpha value is 0.210. The fourth-order valence-corrected chi connectivity index (χ4v) is 1.85. The minimum Gasteiger partial charge on any atom is -0.380 e. The highest BCUT2D eigenvalue weighted by Gasteiger charge is 2.15. The molecule has 0 aromatic carbocycles. The van der Waals surface area contributed by atoms with E-state index < -0.39 is 0 Å². The molecule has 0 aromatic rings. The third-order valence-electron chi connectivity index (χ3n) is 2.64. The minimum atomic E-state index is 0.291. The summed E-state index contributed by atoms with van der Waals surface area (Å²) in [6.07, 6.45) is 2.20. The van der Waals surface area contributed by atoms with Gasteiger partial charge in [-0.1, -0.05) is 27.7 Å². The van der Waals surface area contributed by atoms with Crippen LogP contribution in [0.2, 0.25) is 0 Å². The molecule has 0 fully saturated rings. The first-order valence-electron chi connectivity index (χ1n) is 6.32. The highest BCUT2D eigenvalue weighted by molar-refractivity contribution is 6.17. The molecule has 0 aromatic heterocycles. The number of alkyl halides is 1. The lowest BCUT2D eigenvalue weighted by molar-refractivity contribution is 0.123. The van der Waals surface area contributed by atoms with Crippen LogP contribution in [0.1, 0.15) is 40.5 Å². The SMILES string of the molecule is CC(C)CCOCCNCC(C)(C)CCCl. The maximum absolute atomic E-state index is 5.74. The molecular formula is C13H28ClNO. The molecule has 0 rings (SSSR count). The van der Waals surface area contributed by atoms with E-state index in [1.54, 1.807) is 0 Å². The average Bonchev–Trinajstić information content (AvgIpc) is 2.15. The fourth-order valence-electron chi connectivity index (χ4n) is 1.34. The molecule has 2 nitrogen and oxygen atoms in total. The number of halogens is 1. The summed E-state index contributed by atoms with van der Waals surface area (Å²) in [5, 5.41) is 3.41. The zero-order valence-corrected chi connectivity index (χ0v) is 12.1. The summed E-state index contributed by atoms with van der Waals surface area (Å²) in [7, 11) is 0. The molecule has 0 spiro atoms. The van der Waals surface area contributed by atoms with Crippen molar-refractivity contribution >= 4 is 11.6 Å². The molecule has 0 saturated carbocycles. The molecule has 0 unspecified atom stereocenters. The van der Waals surface area contributed by atoms with Gasteiger partial charge in [-0.15, -0.1) is 11.6 Å². The van der Waals surface area contributed by atoms with Crippen molar-refractivity contribution < 1.29 is 4.74 Å². The monoisotopic (exact) mass is 249 g/mol. The van der Waals surface area contributed by atoms with Crippen LogP contribution < -0.4 is 5.32 Å². The molecular weight excluding hydrogens is 222 g/mol. The number of nitrogens with one attached hydrogen (secondary N) is 1. The van der Waals surface area contributed by atoms with Crippen LogP contribution >= 0.6 is 11.6 Å². The Morgan fingerprint density at radius 2 is 1.94 bits per heavy atom. The van der Waals surface area contributed by atoms with Crippen LogP contribution in [0.4, 0.5) is 0 Å².